The minimum Gasteiger partial charge on any atom is -0.357 e. The average molecular weight is 416 g/mol. The summed E-state index contributed by atoms with van der Waals surface area (Å²) in [6.45, 7) is 13.5. The number of nitrogens with zero attached hydrogens (tertiary/aromatic N) is 2. The third kappa shape index (κ3) is 9.16. The Kier molecular flexibility index (Phi) is 10.1. The molecule has 0 bridgehead atoms. The minimum atomic E-state index is 0.0962. The molecule has 1 saturated heterocycles. The van der Waals surface area contributed by atoms with Gasteiger partial charge in [0.15, 0.2) is 5.96 Å². The normalized spacial score (nSPS) is 16.3. The third-order valence-electron chi connectivity index (χ3n) is 5.40. The topological polar surface area (TPSA) is 68.8 Å². The van der Waals surface area contributed by atoms with E-state index >= 15 is 0 Å². The van der Waals surface area contributed by atoms with Gasteiger partial charge >= 0.3 is 0 Å². The standard InChI is InChI=1S/C24H41N5O/c1-5-14-26-22(30)18-29-15-12-21(13-16-29)28-23(25-6-2)27-19-24(3,4)17-20-10-8-7-9-11-20/h7-11,21H,5-6,12-19H2,1-4H3,(H,26,30)(H2,25,27,28). The average Bonchev–Trinajstić information content (AvgIpc) is 2.72. The first-order chi connectivity index (χ1) is 14.4. The van der Waals surface area contributed by atoms with Gasteiger partial charge in [0.1, 0.15) is 0 Å². The second-order valence-corrected chi connectivity index (χ2v) is 9.07. The summed E-state index contributed by atoms with van der Waals surface area (Å²) in [5.74, 6) is 1.04. The lowest BCUT2D eigenvalue weighted by Crippen LogP contribution is -2.50. The number of likely N-dealkylation sites (tertiary alicyclic amines) is 1. The van der Waals surface area contributed by atoms with Crippen molar-refractivity contribution in [2.45, 2.75) is 59.4 Å². The van der Waals surface area contributed by atoms with Crippen molar-refractivity contribution in [3.63, 3.8) is 0 Å². The number of carbonyl (C=O) groups is 1. The van der Waals surface area contributed by atoms with Crippen molar-refractivity contribution in [1.82, 2.24) is 20.9 Å². The fraction of sp³-hybridized carbons (Fsp3) is 0.667. The van der Waals surface area contributed by atoms with Crippen molar-refractivity contribution in [1.29, 1.82) is 0 Å². The molecule has 2 rings (SSSR count). The Balaban J connectivity index is 1.81. The van der Waals surface area contributed by atoms with Crippen molar-refractivity contribution in [3.8, 4) is 0 Å². The molecule has 30 heavy (non-hydrogen) atoms. The van der Waals surface area contributed by atoms with Crippen LogP contribution < -0.4 is 16.0 Å². The maximum atomic E-state index is 11.9. The molecule has 1 aromatic rings. The predicted octanol–water partition coefficient (Wildman–Crippen LogP) is 2.80. The highest BCUT2D eigenvalue weighted by atomic mass is 16.2. The highest BCUT2D eigenvalue weighted by Gasteiger charge is 2.22. The third-order valence-corrected chi connectivity index (χ3v) is 5.40. The number of amides is 1. The predicted molar refractivity (Wildman–Crippen MR) is 126 cm³/mol. The molecular formula is C24H41N5O. The van der Waals surface area contributed by atoms with Crippen LogP contribution >= 0.6 is 0 Å². The zero-order valence-corrected chi connectivity index (χ0v) is 19.3. The molecule has 0 saturated carbocycles. The first kappa shape index (κ1) is 24.2. The van der Waals surface area contributed by atoms with Crippen LogP contribution in [-0.4, -0.2) is 62.1 Å². The molecule has 168 valence electrons. The van der Waals surface area contributed by atoms with E-state index < -0.39 is 0 Å². The van der Waals surface area contributed by atoms with Gasteiger partial charge in [-0.25, -0.2) is 0 Å². The Morgan fingerprint density at radius 1 is 1.13 bits per heavy atom. The van der Waals surface area contributed by atoms with Crippen molar-refractivity contribution in [2.75, 3.05) is 39.3 Å². The summed E-state index contributed by atoms with van der Waals surface area (Å²) in [4.78, 5) is 19.1. The SMILES string of the molecule is CCCNC(=O)CN1CCC(NC(=NCC(C)(C)Cc2ccccc2)NCC)CC1. The number of rotatable bonds is 10. The second-order valence-electron chi connectivity index (χ2n) is 9.07. The highest BCUT2D eigenvalue weighted by molar-refractivity contribution is 5.80. The molecule has 1 aliphatic heterocycles. The number of guanidine groups is 1. The summed E-state index contributed by atoms with van der Waals surface area (Å²) in [6.07, 6.45) is 4.04. The maximum absolute atomic E-state index is 11.9. The summed E-state index contributed by atoms with van der Waals surface area (Å²) < 4.78 is 0. The number of aliphatic imine (C=N–C) groups is 1. The van der Waals surface area contributed by atoms with Crippen LogP contribution in [0.4, 0.5) is 0 Å². The van der Waals surface area contributed by atoms with Gasteiger partial charge in [-0.3, -0.25) is 14.7 Å². The highest BCUT2D eigenvalue weighted by Crippen LogP contribution is 2.22. The molecule has 1 heterocycles. The zero-order valence-electron chi connectivity index (χ0n) is 19.3. The van der Waals surface area contributed by atoms with Crippen LogP contribution in [0.3, 0.4) is 0 Å². The lowest BCUT2D eigenvalue weighted by atomic mass is 9.86. The molecule has 1 fully saturated rings. The van der Waals surface area contributed by atoms with Crippen LogP contribution in [0.1, 0.15) is 52.5 Å². The van der Waals surface area contributed by atoms with Crippen molar-refractivity contribution < 1.29 is 4.79 Å². The lowest BCUT2D eigenvalue weighted by molar-refractivity contribution is -0.122. The van der Waals surface area contributed by atoms with E-state index in [9.17, 15) is 4.79 Å². The number of piperidine rings is 1. The summed E-state index contributed by atoms with van der Waals surface area (Å²) in [6, 6.07) is 11.0. The number of carbonyl (C=O) groups excluding carboxylic acids is 1. The van der Waals surface area contributed by atoms with Gasteiger partial charge in [0.25, 0.3) is 0 Å². The first-order valence-corrected chi connectivity index (χ1v) is 11.5. The summed E-state index contributed by atoms with van der Waals surface area (Å²) in [5.41, 5.74) is 1.45. The monoisotopic (exact) mass is 415 g/mol. The van der Waals surface area contributed by atoms with Crippen molar-refractivity contribution in [2.24, 2.45) is 10.4 Å². The quantitative estimate of drug-likeness (QED) is 0.406. The van der Waals surface area contributed by atoms with E-state index in [0.717, 1.165) is 64.4 Å². The van der Waals surface area contributed by atoms with Crippen molar-refractivity contribution in [3.05, 3.63) is 35.9 Å². The fourth-order valence-electron chi connectivity index (χ4n) is 3.77. The summed E-state index contributed by atoms with van der Waals surface area (Å²) >= 11 is 0. The van der Waals surface area contributed by atoms with E-state index in [1.807, 2.05) is 0 Å². The first-order valence-electron chi connectivity index (χ1n) is 11.5. The Labute approximate surface area is 182 Å². The van der Waals surface area contributed by atoms with Gasteiger partial charge in [0.05, 0.1) is 6.54 Å². The molecule has 0 atom stereocenters. The molecule has 3 N–H and O–H groups in total. The molecule has 1 aromatic carbocycles. The van der Waals surface area contributed by atoms with E-state index in [1.54, 1.807) is 0 Å². The molecule has 0 aliphatic carbocycles. The number of hydrogen-bond acceptors (Lipinski definition) is 3. The number of nitrogens with one attached hydrogen (secondary N) is 3. The largest absolute Gasteiger partial charge is 0.357 e. The fourth-order valence-corrected chi connectivity index (χ4v) is 3.77. The van der Waals surface area contributed by atoms with Crippen LogP contribution in [0.5, 0.6) is 0 Å². The summed E-state index contributed by atoms with van der Waals surface area (Å²) in [5, 5.41) is 9.97. The Morgan fingerprint density at radius 2 is 1.83 bits per heavy atom. The molecule has 0 spiro atoms. The van der Waals surface area contributed by atoms with Gasteiger partial charge in [-0.2, -0.15) is 0 Å². The van der Waals surface area contributed by atoms with E-state index in [1.165, 1.54) is 5.56 Å². The summed E-state index contributed by atoms with van der Waals surface area (Å²) in [7, 11) is 0. The molecule has 1 aliphatic rings. The Hall–Kier alpha value is -2.08. The van der Waals surface area contributed by atoms with Gasteiger partial charge in [0, 0.05) is 38.8 Å². The zero-order chi connectivity index (χ0) is 21.8. The number of hydrogen-bond donors (Lipinski definition) is 3. The smallest absolute Gasteiger partial charge is 0.234 e. The Bertz CT molecular complexity index is 651. The van der Waals surface area contributed by atoms with Crippen LogP contribution in [0.25, 0.3) is 0 Å². The van der Waals surface area contributed by atoms with E-state index in [2.05, 4.69) is 78.9 Å². The second kappa shape index (κ2) is 12.6. The van der Waals surface area contributed by atoms with Gasteiger partial charge in [-0.15, -0.1) is 0 Å². The molecular weight excluding hydrogens is 374 g/mol. The molecule has 0 aromatic heterocycles. The minimum absolute atomic E-state index is 0.0962. The van der Waals surface area contributed by atoms with Gasteiger partial charge < -0.3 is 16.0 Å². The van der Waals surface area contributed by atoms with E-state index in [-0.39, 0.29) is 11.3 Å². The van der Waals surface area contributed by atoms with Crippen molar-refractivity contribution >= 4 is 11.9 Å². The van der Waals surface area contributed by atoms with E-state index in [0.29, 0.717) is 12.6 Å². The van der Waals surface area contributed by atoms with Gasteiger partial charge in [0.2, 0.25) is 5.91 Å². The molecule has 0 radical (unpaired) electrons. The lowest BCUT2D eigenvalue weighted by Gasteiger charge is -2.33. The molecule has 0 unspecified atom stereocenters. The molecule has 1 amide bonds. The van der Waals surface area contributed by atoms with Crippen LogP contribution in [0.2, 0.25) is 0 Å². The Morgan fingerprint density at radius 3 is 2.47 bits per heavy atom. The van der Waals surface area contributed by atoms with Gasteiger partial charge in [-0.05, 0) is 43.6 Å². The molecule has 6 nitrogen and oxygen atoms in total. The van der Waals surface area contributed by atoms with Crippen LogP contribution in [-0.2, 0) is 11.2 Å². The van der Waals surface area contributed by atoms with E-state index in [4.69, 9.17) is 4.99 Å². The van der Waals surface area contributed by atoms with Gasteiger partial charge in [-0.1, -0.05) is 51.1 Å². The number of benzene rings is 1. The maximum Gasteiger partial charge on any atom is 0.234 e. The van der Waals surface area contributed by atoms with Crippen LogP contribution in [0, 0.1) is 5.41 Å². The van der Waals surface area contributed by atoms with Crippen LogP contribution in [0.15, 0.2) is 35.3 Å². The molecule has 6 heteroatoms.